The number of aryl methyl sites for hydroxylation is 1. The molecule has 4 nitrogen and oxygen atoms in total. The van der Waals surface area contributed by atoms with E-state index in [2.05, 4.69) is 15.6 Å². The van der Waals surface area contributed by atoms with Crippen molar-refractivity contribution in [3.05, 3.63) is 39.3 Å². The Balaban J connectivity index is 2.01. The number of nitrogens with zero attached hydrogens (tertiary/aromatic N) is 1. The lowest BCUT2D eigenvalue weighted by atomic mass is 10.2. The number of rotatable bonds is 4. The predicted octanol–water partition coefficient (Wildman–Crippen LogP) is 3.68. The van der Waals surface area contributed by atoms with Crippen LogP contribution < -0.4 is 10.6 Å². The Morgan fingerprint density at radius 1 is 1.47 bits per heavy atom. The lowest BCUT2D eigenvalue weighted by Crippen LogP contribution is -2.06. The number of carbonyl (C=O) groups excluding carboxylic acids is 1. The van der Waals surface area contributed by atoms with Crippen molar-refractivity contribution in [2.75, 3.05) is 10.6 Å². The maximum Gasteiger partial charge on any atom is 0.221 e. The highest BCUT2D eigenvalue weighted by Gasteiger charge is 2.04. The topological polar surface area (TPSA) is 54.0 Å². The average molecular weight is 296 g/mol. The molecule has 2 aromatic rings. The van der Waals surface area contributed by atoms with Gasteiger partial charge < -0.3 is 10.6 Å². The van der Waals surface area contributed by atoms with Gasteiger partial charge in [-0.05, 0) is 25.1 Å². The predicted molar refractivity (Wildman–Crippen MR) is 79.9 cm³/mol. The van der Waals surface area contributed by atoms with Gasteiger partial charge in [-0.15, -0.1) is 11.3 Å². The van der Waals surface area contributed by atoms with Crippen LogP contribution in [0.3, 0.4) is 0 Å². The molecule has 100 valence electrons. The van der Waals surface area contributed by atoms with Crippen LogP contribution in [0.25, 0.3) is 0 Å². The zero-order valence-corrected chi connectivity index (χ0v) is 12.2. The maximum absolute atomic E-state index is 11.0. The molecule has 1 aromatic heterocycles. The summed E-state index contributed by atoms with van der Waals surface area (Å²) in [6.07, 6.45) is 0. The van der Waals surface area contributed by atoms with E-state index in [0.29, 0.717) is 17.3 Å². The Bertz CT molecular complexity index is 597. The molecule has 0 bridgehead atoms. The Morgan fingerprint density at radius 2 is 2.26 bits per heavy atom. The molecule has 0 aliphatic heterocycles. The molecule has 19 heavy (non-hydrogen) atoms. The van der Waals surface area contributed by atoms with Gasteiger partial charge in [0, 0.05) is 23.7 Å². The van der Waals surface area contributed by atoms with Crippen molar-refractivity contribution in [1.82, 2.24) is 4.98 Å². The van der Waals surface area contributed by atoms with Crippen molar-refractivity contribution in [2.45, 2.75) is 20.4 Å². The fourth-order valence-electron chi connectivity index (χ4n) is 1.58. The lowest BCUT2D eigenvalue weighted by molar-refractivity contribution is -0.114. The number of hydrogen-bond acceptors (Lipinski definition) is 4. The average Bonchev–Trinajstić information content (AvgIpc) is 2.75. The Hall–Kier alpha value is -1.59. The van der Waals surface area contributed by atoms with Crippen LogP contribution in [-0.2, 0) is 11.3 Å². The highest BCUT2D eigenvalue weighted by Crippen LogP contribution is 2.25. The summed E-state index contributed by atoms with van der Waals surface area (Å²) in [6, 6.07) is 5.43. The third kappa shape index (κ3) is 3.94. The summed E-state index contributed by atoms with van der Waals surface area (Å²) >= 11 is 7.71. The molecule has 0 unspecified atom stereocenters. The summed E-state index contributed by atoms with van der Waals surface area (Å²) in [6.45, 7) is 4.08. The minimum atomic E-state index is -0.138. The fraction of sp³-hybridized carbons (Fsp3) is 0.231. The third-order valence-corrected chi connectivity index (χ3v) is 3.67. The van der Waals surface area contributed by atoms with E-state index in [1.54, 1.807) is 23.5 Å². The van der Waals surface area contributed by atoms with Crippen LogP contribution in [0.4, 0.5) is 11.4 Å². The van der Waals surface area contributed by atoms with E-state index in [-0.39, 0.29) is 5.91 Å². The highest BCUT2D eigenvalue weighted by molar-refractivity contribution is 7.09. The SMILES string of the molecule is CC(=O)Nc1ccc(NCc2nc(C)cs2)cc1Cl. The number of carbonyl (C=O) groups is 1. The van der Waals surface area contributed by atoms with Gasteiger partial charge in [-0.25, -0.2) is 4.98 Å². The Kier molecular flexibility index (Phi) is 4.39. The lowest BCUT2D eigenvalue weighted by Gasteiger charge is -2.08. The van der Waals surface area contributed by atoms with Crippen LogP contribution in [0.5, 0.6) is 0 Å². The number of halogens is 1. The molecule has 0 aliphatic rings. The van der Waals surface area contributed by atoms with Gasteiger partial charge in [-0.2, -0.15) is 0 Å². The summed E-state index contributed by atoms with van der Waals surface area (Å²) in [7, 11) is 0. The smallest absolute Gasteiger partial charge is 0.221 e. The van der Waals surface area contributed by atoms with Crippen molar-refractivity contribution in [3.8, 4) is 0 Å². The van der Waals surface area contributed by atoms with Crippen LogP contribution in [0.1, 0.15) is 17.6 Å². The first-order valence-corrected chi connectivity index (χ1v) is 7.02. The number of amides is 1. The zero-order valence-electron chi connectivity index (χ0n) is 10.7. The van der Waals surface area contributed by atoms with Gasteiger partial charge in [0.15, 0.2) is 0 Å². The molecular weight excluding hydrogens is 282 g/mol. The van der Waals surface area contributed by atoms with Crippen LogP contribution in [0, 0.1) is 6.92 Å². The van der Waals surface area contributed by atoms with Gasteiger partial charge in [0.05, 0.1) is 17.3 Å². The monoisotopic (exact) mass is 295 g/mol. The van der Waals surface area contributed by atoms with Gasteiger partial charge in [-0.3, -0.25) is 4.79 Å². The molecule has 1 heterocycles. The molecular formula is C13H14ClN3OS. The second kappa shape index (κ2) is 6.04. The van der Waals surface area contributed by atoms with Gasteiger partial charge >= 0.3 is 0 Å². The number of benzene rings is 1. The van der Waals surface area contributed by atoms with Crippen LogP contribution in [0.15, 0.2) is 23.6 Å². The molecule has 2 rings (SSSR count). The molecule has 1 aromatic carbocycles. The summed E-state index contributed by atoms with van der Waals surface area (Å²) in [5.41, 5.74) is 2.54. The normalized spacial score (nSPS) is 10.3. The fourth-order valence-corrected chi connectivity index (χ4v) is 2.52. The molecule has 0 aliphatic carbocycles. The number of hydrogen-bond donors (Lipinski definition) is 2. The largest absolute Gasteiger partial charge is 0.378 e. The molecule has 2 N–H and O–H groups in total. The second-order valence-corrected chi connectivity index (χ2v) is 5.46. The quantitative estimate of drug-likeness (QED) is 0.905. The molecule has 6 heteroatoms. The number of nitrogens with one attached hydrogen (secondary N) is 2. The Labute approximate surface area is 120 Å². The molecule has 0 fully saturated rings. The summed E-state index contributed by atoms with van der Waals surface area (Å²) in [4.78, 5) is 15.3. The van der Waals surface area contributed by atoms with E-state index >= 15 is 0 Å². The molecule has 0 spiro atoms. The van der Waals surface area contributed by atoms with Crippen LogP contribution >= 0.6 is 22.9 Å². The second-order valence-electron chi connectivity index (χ2n) is 4.11. The molecule has 0 saturated carbocycles. The van der Waals surface area contributed by atoms with Crippen LogP contribution in [-0.4, -0.2) is 10.9 Å². The summed E-state index contributed by atoms with van der Waals surface area (Å²) < 4.78 is 0. The first-order chi connectivity index (χ1) is 9.04. The van der Waals surface area contributed by atoms with E-state index in [4.69, 9.17) is 11.6 Å². The van der Waals surface area contributed by atoms with Gasteiger partial charge in [0.1, 0.15) is 5.01 Å². The van der Waals surface area contributed by atoms with Gasteiger partial charge in [-0.1, -0.05) is 11.6 Å². The summed E-state index contributed by atoms with van der Waals surface area (Å²) in [5.74, 6) is -0.138. The third-order valence-electron chi connectivity index (χ3n) is 2.39. The highest BCUT2D eigenvalue weighted by atomic mass is 35.5. The van der Waals surface area contributed by atoms with Gasteiger partial charge in [0.2, 0.25) is 5.91 Å². The molecule has 0 atom stereocenters. The first-order valence-electron chi connectivity index (χ1n) is 5.76. The van der Waals surface area contributed by atoms with Crippen molar-refractivity contribution in [3.63, 3.8) is 0 Å². The molecule has 0 radical (unpaired) electrons. The van der Waals surface area contributed by atoms with Crippen LogP contribution in [0.2, 0.25) is 5.02 Å². The van der Waals surface area contributed by atoms with Crippen molar-refractivity contribution in [1.29, 1.82) is 0 Å². The Morgan fingerprint density at radius 3 is 2.84 bits per heavy atom. The number of thiazole rings is 1. The van der Waals surface area contributed by atoms with E-state index in [1.165, 1.54) is 6.92 Å². The minimum Gasteiger partial charge on any atom is -0.378 e. The maximum atomic E-state index is 11.0. The minimum absolute atomic E-state index is 0.138. The van der Waals surface area contributed by atoms with Gasteiger partial charge in [0.25, 0.3) is 0 Å². The zero-order chi connectivity index (χ0) is 13.8. The number of anilines is 2. The van der Waals surface area contributed by atoms with Crippen molar-refractivity contribution >= 4 is 40.2 Å². The summed E-state index contributed by atoms with van der Waals surface area (Å²) in [5, 5.41) is 9.47. The number of aromatic nitrogens is 1. The van der Waals surface area contributed by atoms with E-state index < -0.39 is 0 Å². The first kappa shape index (κ1) is 13.8. The van der Waals surface area contributed by atoms with Crippen molar-refractivity contribution < 1.29 is 4.79 Å². The van der Waals surface area contributed by atoms with E-state index in [0.717, 1.165) is 16.4 Å². The molecule has 1 amide bonds. The van der Waals surface area contributed by atoms with E-state index in [1.807, 2.05) is 18.4 Å². The van der Waals surface area contributed by atoms with Crippen molar-refractivity contribution in [2.24, 2.45) is 0 Å². The molecule has 0 saturated heterocycles. The standard InChI is InChI=1S/C13H14ClN3OS/c1-8-7-19-13(16-8)6-15-10-3-4-12(11(14)5-10)17-9(2)18/h3-5,7,15H,6H2,1-2H3,(H,17,18). The van der Waals surface area contributed by atoms with E-state index in [9.17, 15) is 4.79 Å².